The van der Waals surface area contributed by atoms with Crippen LogP contribution in [0.25, 0.3) is 5.65 Å². The Hall–Kier alpha value is -1.04. The van der Waals surface area contributed by atoms with E-state index in [0.717, 1.165) is 11.5 Å². The number of nitrogens with one attached hydrogen (secondary N) is 2. The lowest BCUT2D eigenvalue weighted by molar-refractivity contribution is -0.564. The molecular weight excluding hydrogens is 333 g/mol. The van der Waals surface area contributed by atoms with Crippen LogP contribution in [0.1, 0.15) is 56.6 Å². The molecule has 0 amide bonds. The second kappa shape index (κ2) is 7.69. The molecule has 0 aromatic carbocycles. The Labute approximate surface area is 149 Å². The average molecular weight is 358 g/mol. The van der Waals surface area contributed by atoms with Gasteiger partial charge in [0.2, 0.25) is 5.82 Å². The molecular formula is C16H25Cl2N5. The molecule has 23 heavy (non-hydrogen) atoms. The number of fused-ring (bicyclic) bond motifs is 1. The summed E-state index contributed by atoms with van der Waals surface area (Å²) in [5.74, 6) is 1.81. The Morgan fingerprint density at radius 2 is 1.96 bits per heavy atom. The standard InChI is InChI=1S/C16H23N5.2ClH/c17-12-5-6-13(9-12)19-16-10-14(11-3-1-2-4-11)20-15-7-8-18-21(15)16;;/h7-8,10-13H,1-6,9,17H2,(H,18,19,20);2*1H/t12-,13-;;/m0../s1. The zero-order valence-electron chi connectivity index (χ0n) is 13.3. The van der Waals surface area contributed by atoms with Crippen molar-refractivity contribution in [2.24, 2.45) is 0 Å². The Balaban J connectivity index is 0.000000960. The Kier molecular flexibility index (Phi) is 6.12. The molecule has 128 valence electrons. The van der Waals surface area contributed by atoms with Crippen LogP contribution in [0.4, 0.5) is 5.82 Å². The third-order valence-corrected chi connectivity index (χ3v) is 5.10. The molecule has 2 aromatic rings. The SMILES string of the molecule is [Cl-].[Cl-].[NH3+][C@H]1CC[C@H](Nc2cc(C3CCCC3)nc3cc[nH][n+]23)C1. The number of hydrogen-bond acceptors (Lipinski definition) is 2. The number of anilines is 1. The first-order valence-corrected chi connectivity index (χ1v) is 8.29. The van der Waals surface area contributed by atoms with Crippen molar-refractivity contribution >= 4 is 11.5 Å². The first-order valence-electron chi connectivity index (χ1n) is 8.29. The number of halogens is 2. The Morgan fingerprint density at radius 1 is 1.17 bits per heavy atom. The third kappa shape index (κ3) is 3.73. The van der Waals surface area contributed by atoms with Gasteiger partial charge >= 0.3 is 0 Å². The summed E-state index contributed by atoms with van der Waals surface area (Å²) in [4.78, 5) is 4.85. The van der Waals surface area contributed by atoms with Gasteiger partial charge in [0, 0.05) is 31.0 Å². The number of H-pyrrole nitrogens is 1. The summed E-state index contributed by atoms with van der Waals surface area (Å²) in [7, 11) is 0. The third-order valence-electron chi connectivity index (χ3n) is 5.10. The van der Waals surface area contributed by atoms with Gasteiger partial charge in [-0.05, 0) is 19.3 Å². The molecule has 2 heterocycles. The van der Waals surface area contributed by atoms with Crippen molar-refractivity contribution in [1.29, 1.82) is 0 Å². The van der Waals surface area contributed by atoms with E-state index < -0.39 is 0 Å². The zero-order valence-corrected chi connectivity index (χ0v) is 14.8. The summed E-state index contributed by atoms with van der Waals surface area (Å²) in [6.07, 6.45) is 10.9. The molecule has 0 spiro atoms. The second-order valence-corrected chi connectivity index (χ2v) is 6.72. The van der Waals surface area contributed by atoms with Crippen molar-refractivity contribution in [2.45, 2.75) is 62.9 Å². The summed E-state index contributed by atoms with van der Waals surface area (Å²) in [5, 5.41) is 6.98. The van der Waals surface area contributed by atoms with E-state index in [1.165, 1.54) is 50.6 Å². The van der Waals surface area contributed by atoms with Crippen molar-refractivity contribution in [3.63, 3.8) is 0 Å². The monoisotopic (exact) mass is 357 g/mol. The number of hydrogen-bond donors (Lipinski definition) is 3. The van der Waals surface area contributed by atoms with Gasteiger partial charge in [0.15, 0.2) is 0 Å². The van der Waals surface area contributed by atoms with Gasteiger partial charge in [-0.15, -0.1) is 9.50 Å². The largest absolute Gasteiger partial charge is 1.00 e. The number of aromatic nitrogens is 3. The summed E-state index contributed by atoms with van der Waals surface area (Å²) in [5.41, 5.74) is 6.48. The van der Waals surface area contributed by atoms with Gasteiger partial charge in [-0.25, -0.2) is 0 Å². The smallest absolute Gasteiger partial charge is 0.286 e. The molecule has 2 saturated carbocycles. The number of quaternary nitrogens is 1. The van der Waals surface area contributed by atoms with Crippen molar-refractivity contribution in [1.82, 2.24) is 10.1 Å². The lowest BCUT2D eigenvalue weighted by Gasteiger charge is -2.11. The van der Waals surface area contributed by atoms with Gasteiger partial charge in [-0.3, -0.25) is 5.10 Å². The molecule has 2 aliphatic rings. The highest BCUT2D eigenvalue weighted by Crippen LogP contribution is 2.33. The van der Waals surface area contributed by atoms with Crippen molar-refractivity contribution in [2.75, 3.05) is 5.32 Å². The minimum absolute atomic E-state index is 0. The van der Waals surface area contributed by atoms with Crippen LogP contribution in [0.15, 0.2) is 18.3 Å². The fourth-order valence-electron chi connectivity index (χ4n) is 3.93. The highest BCUT2D eigenvalue weighted by molar-refractivity contribution is 5.40. The van der Waals surface area contributed by atoms with Gasteiger partial charge in [-0.2, -0.15) is 0 Å². The molecule has 0 radical (unpaired) electrons. The van der Waals surface area contributed by atoms with Crippen LogP contribution in [-0.4, -0.2) is 22.2 Å². The average Bonchev–Trinajstić information content (AvgIpc) is 3.18. The van der Waals surface area contributed by atoms with Gasteiger partial charge in [-0.1, -0.05) is 12.8 Å². The number of nitrogens with zero attached hydrogens (tertiary/aromatic N) is 2. The fraction of sp³-hybridized carbons (Fsp3) is 0.625. The zero-order chi connectivity index (χ0) is 14.2. The van der Waals surface area contributed by atoms with E-state index in [1.54, 1.807) is 0 Å². The van der Waals surface area contributed by atoms with E-state index in [9.17, 15) is 0 Å². The molecule has 2 aromatic heterocycles. The summed E-state index contributed by atoms with van der Waals surface area (Å²) >= 11 is 0. The molecule has 5 N–H and O–H groups in total. The van der Waals surface area contributed by atoms with Crippen molar-refractivity contribution in [3.8, 4) is 0 Å². The first-order chi connectivity index (χ1) is 10.3. The van der Waals surface area contributed by atoms with Crippen LogP contribution in [0.3, 0.4) is 0 Å². The Bertz CT molecular complexity index is 638. The van der Waals surface area contributed by atoms with E-state index >= 15 is 0 Å². The summed E-state index contributed by atoms with van der Waals surface area (Å²) in [6, 6.07) is 5.46. The van der Waals surface area contributed by atoms with Crippen LogP contribution < -0.4 is 40.4 Å². The van der Waals surface area contributed by atoms with Crippen LogP contribution in [-0.2, 0) is 0 Å². The van der Waals surface area contributed by atoms with Crippen LogP contribution in [0.2, 0.25) is 0 Å². The van der Waals surface area contributed by atoms with E-state index in [-0.39, 0.29) is 24.8 Å². The summed E-state index contributed by atoms with van der Waals surface area (Å²) < 4.78 is 2.06. The van der Waals surface area contributed by atoms with Gasteiger partial charge in [0.1, 0.15) is 5.69 Å². The van der Waals surface area contributed by atoms with Crippen LogP contribution in [0, 0.1) is 0 Å². The molecule has 7 heteroatoms. The predicted molar refractivity (Wildman–Crippen MR) is 80.9 cm³/mol. The molecule has 2 aliphatic carbocycles. The lowest BCUT2D eigenvalue weighted by atomic mass is 10.0. The quantitative estimate of drug-likeness (QED) is 0.483. The molecule has 2 fully saturated rings. The highest BCUT2D eigenvalue weighted by atomic mass is 35.5. The molecule has 0 unspecified atom stereocenters. The van der Waals surface area contributed by atoms with Gasteiger partial charge < -0.3 is 35.9 Å². The molecule has 0 bridgehead atoms. The van der Waals surface area contributed by atoms with E-state index in [4.69, 9.17) is 4.98 Å². The maximum absolute atomic E-state index is 4.85. The van der Waals surface area contributed by atoms with Crippen LogP contribution >= 0.6 is 0 Å². The van der Waals surface area contributed by atoms with Crippen LogP contribution in [0.5, 0.6) is 0 Å². The minimum Gasteiger partial charge on any atom is -1.00 e. The molecule has 0 saturated heterocycles. The molecule has 5 nitrogen and oxygen atoms in total. The lowest BCUT2D eigenvalue weighted by Crippen LogP contribution is -3.00. The normalized spacial score (nSPS) is 24.4. The minimum atomic E-state index is 0. The topological polar surface area (TPSA) is 72.4 Å². The Morgan fingerprint density at radius 3 is 2.65 bits per heavy atom. The molecule has 4 rings (SSSR count). The maximum Gasteiger partial charge on any atom is 0.286 e. The molecule has 0 aliphatic heterocycles. The number of aromatic amines is 1. The first kappa shape index (κ1) is 18.3. The van der Waals surface area contributed by atoms with E-state index in [0.29, 0.717) is 18.0 Å². The fourth-order valence-corrected chi connectivity index (χ4v) is 3.93. The van der Waals surface area contributed by atoms with E-state index in [1.807, 2.05) is 6.20 Å². The predicted octanol–water partition coefficient (Wildman–Crippen LogP) is -4.61. The van der Waals surface area contributed by atoms with Gasteiger partial charge in [0.25, 0.3) is 5.65 Å². The second-order valence-electron chi connectivity index (χ2n) is 6.72. The maximum atomic E-state index is 4.85. The number of rotatable bonds is 3. The van der Waals surface area contributed by atoms with E-state index in [2.05, 4.69) is 32.8 Å². The highest BCUT2D eigenvalue weighted by Gasteiger charge is 2.29. The molecule has 2 atom stereocenters. The van der Waals surface area contributed by atoms with Crippen molar-refractivity contribution < 1.29 is 35.1 Å². The summed E-state index contributed by atoms with van der Waals surface area (Å²) in [6.45, 7) is 0. The van der Waals surface area contributed by atoms with Gasteiger partial charge in [0.05, 0.1) is 18.2 Å². The van der Waals surface area contributed by atoms with Crippen molar-refractivity contribution in [3.05, 3.63) is 24.0 Å².